The molecule has 1 aromatic rings. The number of carbonyl (C=O) groups excluding carboxylic acids is 1. The lowest BCUT2D eigenvalue weighted by Gasteiger charge is -2.08. The number of amides is 1. The Labute approximate surface area is 123 Å². The molecule has 0 saturated carbocycles. The van der Waals surface area contributed by atoms with E-state index in [1.807, 2.05) is 0 Å². The molecule has 0 aliphatic carbocycles. The number of primary amides is 1. The third-order valence-electron chi connectivity index (χ3n) is 2.47. The van der Waals surface area contributed by atoms with Crippen molar-refractivity contribution >= 4 is 12.0 Å². The summed E-state index contributed by atoms with van der Waals surface area (Å²) in [6.07, 6.45) is -3.41. The molecule has 0 heterocycles. The quantitative estimate of drug-likeness (QED) is 0.387. The molecule has 22 heavy (non-hydrogen) atoms. The van der Waals surface area contributed by atoms with E-state index in [1.165, 1.54) is 31.2 Å². The van der Waals surface area contributed by atoms with Gasteiger partial charge in [0.05, 0.1) is 0 Å². The van der Waals surface area contributed by atoms with Crippen LogP contribution in [0.4, 0.5) is 13.2 Å². The van der Waals surface area contributed by atoms with E-state index >= 15 is 0 Å². The molecule has 0 spiro atoms. The molecule has 1 rings (SSSR count). The number of allylic oxidation sites excluding steroid dienone is 1. The third-order valence-corrected chi connectivity index (χ3v) is 2.47. The van der Waals surface area contributed by atoms with Gasteiger partial charge in [-0.2, -0.15) is 5.26 Å². The number of aliphatic hydroxyl groups is 1. The smallest absolute Gasteiger partial charge is 0.506 e. The number of halogens is 3. The average Bonchev–Trinajstić information content (AvgIpc) is 2.39. The number of rotatable bonds is 4. The van der Waals surface area contributed by atoms with Crippen LogP contribution < -0.4 is 10.5 Å². The first-order chi connectivity index (χ1) is 10.1. The molecule has 1 aromatic carbocycles. The van der Waals surface area contributed by atoms with Crippen LogP contribution >= 0.6 is 0 Å². The average molecular weight is 312 g/mol. The van der Waals surface area contributed by atoms with Crippen LogP contribution in [0.15, 0.2) is 41.2 Å². The minimum atomic E-state index is -4.78. The molecule has 8 heteroatoms. The zero-order chi connectivity index (χ0) is 16.9. The molecule has 0 aromatic heterocycles. The molecule has 1 amide bonds. The van der Waals surface area contributed by atoms with Gasteiger partial charge in [-0.3, -0.25) is 4.79 Å². The van der Waals surface area contributed by atoms with Gasteiger partial charge in [0.2, 0.25) is 0 Å². The van der Waals surface area contributed by atoms with Gasteiger partial charge in [-0.05, 0) is 36.3 Å². The fourth-order valence-corrected chi connectivity index (χ4v) is 1.51. The van der Waals surface area contributed by atoms with Crippen LogP contribution in [-0.4, -0.2) is 17.4 Å². The molecule has 0 radical (unpaired) electrons. The van der Waals surface area contributed by atoms with Gasteiger partial charge in [-0.25, -0.2) is 0 Å². The second-order valence-electron chi connectivity index (χ2n) is 4.14. The molecule has 0 atom stereocenters. The second-order valence-corrected chi connectivity index (χ2v) is 4.14. The maximum atomic E-state index is 12.0. The van der Waals surface area contributed by atoms with Crippen LogP contribution in [0.1, 0.15) is 12.5 Å². The van der Waals surface area contributed by atoms with E-state index in [4.69, 9.17) is 11.0 Å². The predicted octanol–water partition coefficient (Wildman–Crippen LogP) is 2.81. The molecule has 0 saturated heterocycles. The molecule has 3 N–H and O–H groups in total. The normalized spacial score (nSPS) is 13.1. The number of ether oxygens (including phenoxy) is 1. The van der Waals surface area contributed by atoms with Crippen LogP contribution in [0.25, 0.3) is 6.08 Å². The Morgan fingerprint density at radius 3 is 2.32 bits per heavy atom. The van der Waals surface area contributed by atoms with Crippen LogP contribution in [0.3, 0.4) is 0 Å². The molecule has 0 bridgehead atoms. The Hall–Kier alpha value is -2.95. The first-order valence-electron chi connectivity index (χ1n) is 5.81. The Bertz CT molecular complexity index is 668. The van der Waals surface area contributed by atoms with E-state index in [9.17, 15) is 23.1 Å². The van der Waals surface area contributed by atoms with Gasteiger partial charge in [-0.1, -0.05) is 12.1 Å². The lowest BCUT2D eigenvalue weighted by atomic mass is 10.1. The number of hydrogen-bond donors (Lipinski definition) is 2. The summed E-state index contributed by atoms with van der Waals surface area (Å²) < 4.78 is 39.8. The second kappa shape index (κ2) is 6.67. The maximum Gasteiger partial charge on any atom is 0.573 e. The number of benzene rings is 1. The Morgan fingerprint density at radius 1 is 1.36 bits per heavy atom. The predicted molar refractivity (Wildman–Crippen MR) is 71.2 cm³/mol. The topological polar surface area (TPSA) is 96.3 Å². The van der Waals surface area contributed by atoms with Crippen molar-refractivity contribution in [1.29, 1.82) is 5.26 Å². The summed E-state index contributed by atoms with van der Waals surface area (Å²) in [4.78, 5) is 10.9. The first-order valence-corrected chi connectivity index (χ1v) is 5.81. The van der Waals surface area contributed by atoms with Gasteiger partial charge in [0.1, 0.15) is 17.6 Å². The summed E-state index contributed by atoms with van der Waals surface area (Å²) in [6, 6.07) is 6.28. The Morgan fingerprint density at radius 2 is 1.91 bits per heavy atom. The van der Waals surface area contributed by atoms with Gasteiger partial charge in [0.15, 0.2) is 5.57 Å². The van der Waals surface area contributed by atoms with E-state index in [0.717, 1.165) is 12.1 Å². The summed E-state index contributed by atoms with van der Waals surface area (Å²) in [5, 5.41) is 18.4. The first kappa shape index (κ1) is 17.1. The largest absolute Gasteiger partial charge is 0.573 e. The van der Waals surface area contributed by atoms with Crippen molar-refractivity contribution in [3.05, 3.63) is 46.7 Å². The molecule has 0 aliphatic heterocycles. The summed E-state index contributed by atoms with van der Waals surface area (Å²) in [6.45, 7) is 1.41. The van der Waals surface area contributed by atoms with E-state index < -0.39 is 29.4 Å². The number of aliphatic hydroxyl groups excluding tert-OH is 1. The fourth-order valence-electron chi connectivity index (χ4n) is 1.51. The van der Waals surface area contributed by atoms with Crippen molar-refractivity contribution in [2.75, 3.05) is 0 Å². The van der Waals surface area contributed by atoms with Gasteiger partial charge < -0.3 is 15.6 Å². The monoisotopic (exact) mass is 312 g/mol. The summed E-state index contributed by atoms with van der Waals surface area (Å²) in [5.41, 5.74) is 4.91. The van der Waals surface area contributed by atoms with E-state index in [0.29, 0.717) is 5.56 Å². The van der Waals surface area contributed by atoms with Crippen molar-refractivity contribution in [2.24, 2.45) is 5.73 Å². The van der Waals surface area contributed by atoms with Crippen LogP contribution in [0.2, 0.25) is 0 Å². The third kappa shape index (κ3) is 4.86. The van der Waals surface area contributed by atoms with E-state index in [-0.39, 0.29) is 5.57 Å². The Balaban J connectivity index is 3.03. The summed E-state index contributed by atoms with van der Waals surface area (Å²) in [7, 11) is 0. The lowest BCUT2D eigenvalue weighted by molar-refractivity contribution is -0.274. The van der Waals surface area contributed by atoms with Crippen molar-refractivity contribution in [1.82, 2.24) is 0 Å². The highest BCUT2D eigenvalue weighted by Gasteiger charge is 2.30. The van der Waals surface area contributed by atoms with Crippen molar-refractivity contribution < 1.29 is 27.8 Å². The highest BCUT2D eigenvalue weighted by atomic mass is 19.4. The van der Waals surface area contributed by atoms with Gasteiger partial charge >= 0.3 is 6.36 Å². The zero-order valence-corrected chi connectivity index (χ0v) is 11.3. The molecule has 0 unspecified atom stereocenters. The van der Waals surface area contributed by atoms with E-state index in [2.05, 4.69) is 4.74 Å². The lowest BCUT2D eigenvalue weighted by Crippen LogP contribution is -2.16. The fraction of sp³-hybridized carbons (Fsp3) is 0.143. The number of nitriles is 1. The summed E-state index contributed by atoms with van der Waals surface area (Å²) in [5.74, 6) is -2.07. The van der Waals surface area contributed by atoms with Crippen LogP contribution in [0.5, 0.6) is 5.75 Å². The number of hydrogen-bond acceptors (Lipinski definition) is 4. The minimum Gasteiger partial charge on any atom is -0.506 e. The highest BCUT2D eigenvalue weighted by molar-refractivity contribution is 5.97. The molecular weight excluding hydrogens is 301 g/mol. The van der Waals surface area contributed by atoms with Crippen LogP contribution in [-0.2, 0) is 4.79 Å². The van der Waals surface area contributed by atoms with Crippen molar-refractivity contribution in [3.63, 3.8) is 0 Å². The van der Waals surface area contributed by atoms with Crippen molar-refractivity contribution in [2.45, 2.75) is 13.3 Å². The van der Waals surface area contributed by atoms with Gasteiger partial charge in [-0.15, -0.1) is 13.2 Å². The van der Waals surface area contributed by atoms with Crippen molar-refractivity contribution in [3.8, 4) is 11.8 Å². The highest BCUT2D eigenvalue weighted by Crippen LogP contribution is 2.24. The standard InChI is InChI=1S/C14H11F3N2O3/c1-8(12(20)11(7-18)13(19)21)6-9-2-4-10(5-3-9)22-14(15,16)17/h2-6,20H,1H3,(H2,19,21)/b8-6+,12-11-. The molecule has 0 fully saturated rings. The SMILES string of the molecule is CC(=C\c1ccc(OC(F)(F)F)cc1)/C(O)=C(\C#N)C(N)=O. The minimum absolute atomic E-state index is 0.153. The molecular formula is C14H11F3N2O3. The number of carbonyl (C=O) groups is 1. The molecule has 116 valence electrons. The van der Waals surface area contributed by atoms with Gasteiger partial charge in [0.25, 0.3) is 5.91 Å². The molecule has 0 aliphatic rings. The number of nitrogens with zero attached hydrogens (tertiary/aromatic N) is 1. The summed E-state index contributed by atoms with van der Waals surface area (Å²) >= 11 is 0. The Kier molecular flexibility index (Phi) is 5.18. The van der Waals surface area contributed by atoms with E-state index in [1.54, 1.807) is 0 Å². The maximum absolute atomic E-state index is 12.0. The number of nitrogens with two attached hydrogens (primary N) is 1. The van der Waals surface area contributed by atoms with Gasteiger partial charge in [0, 0.05) is 0 Å². The molecule has 5 nitrogen and oxygen atoms in total. The zero-order valence-electron chi connectivity index (χ0n) is 11.3. The van der Waals surface area contributed by atoms with Crippen LogP contribution in [0, 0.1) is 11.3 Å². The number of alkyl halides is 3.